The summed E-state index contributed by atoms with van der Waals surface area (Å²) in [4.78, 5) is 0.739. The van der Waals surface area contributed by atoms with E-state index in [9.17, 15) is 4.21 Å². The molecule has 0 radical (unpaired) electrons. The second-order valence-electron chi connectivity index (χ2n) is 4.50. The van der Waals surface area contributed by atoms with Gasteiger partial charge >= 0.3 is 0 Å². The summed E-state index contributed by atoms with van der Waals surface area (Å²) in [7, 11) is 0.464. The van der Waals surface area contributed by atoms with Crippen LogP contribution in [0.4, 0.5) is 5.69 Å². The number of aryl methyl sites for hydroxylation is 1. The minimum Gasteiger partial charge on any atom is -0.496 e. The first-order chi connectivity index (χ1) is 9.51. The van der Waals surface area contributed by atoms with Crippen LogP contribution in [0.3, 0.4) is 0 Å². The molecule has 0 saturated heterocycles. The first-order valence-electron chi connectivity index (χ1n) is 6.08. The van der Waals surface area contributed by atoms with E-state index in [1.165, 1.54) is 0 Å². The molecule has 0 aliphatic rings. The van der Waals surface area contributed by atoms with Crippen molar-refractivity contribution in [3.63, 3.8) is 0 Å². The van der Waals surface area contributed by atoms with Gasteiger partial charge in [0.2, 0.25) is 0 Å². The highest BCUT2D eigenvalue weighted by molar-refractivity contribution is 9.10. The molecule has 0 fully saturated rings. The van der Waals surface area contributed by atoms with Gasteiger partial charge in [-0.15, -0.1) is 0 Å². The van der Waals surface area contributed by atoms with Crippen molar-refractivity contribution in [1.82, 2.24) is 0 Å². The Labute approximate surface area is 129 Å². The Bertz CT molecular complexity index is 658. The zero-order chi connectivity index (χ0) is 14.7. The van der Waals surface area contributed by atoms with Crippen molar-refractivity contribution in [3.8, 4) is 5.75 Å². The van der Waals surface area contributed by atoms with Crippen LogP contribution in [-0.4, -0.2) is 11.3 Å². The number of hydrogen-bond acceptors (Lipinski definition) is 3. The molecule has 0 saturated carbocycles. The van der Waals surface area contributed by atoms with E-state index in [0.29, 0.717) is 11.4 Å². The van der Waals surface area contributed by atoms with E-state index in [1.54, 1.807) is 25.3 Å². The van der Waals surface area contributed by atoms with Crippen molar-refractivity contribution in [2.45, 2.75) is 17.6 Å². The Kier molecular flexibility index (Phi) is 4.83. The average molecular weight is 354 g/mol. The molecule has 106 valence electrons. The van der Waals surface area contributed by atoms with Gasteiger partial charge in [-0.2, -0.15) is 0 Å². The minimum atomic E-state index is -1.16. The van der Waals surface area contributed by atoms with Crippen molar-refractivity contribution >= 4 is 32.4 Å². The van der Waals surface area contributed by atoms with Gasteiger partial charge in [0.1, 0.15) is 5.75 Å². The highest BCUT2D eigenvalue weighted by Gasteiger charge is 2.12. The van der Waals surface area contributed by atoms with Gasteiger partial charge in [0.25, 0.3) is 0 Å². The van der Waals surface area contributed by atoms with Crippen LogP contribution in [-0.2, 0) is 16.6 Å². The fourth-order valence-electron chi connectivity index (χ4n) is 1.94. The van der Waals surface area contributed by atoms with Crippen molar-refractivity contribution in [2.75, 3.05) is 12.8 Å². The molecule has 5 heteroatoms. The molecular weight excluding hydrogens is 338 g/mol. The van der Waals surface area contributed by atoms with Crippen molar-refractivity contribution < 1.29 is 8.95 Å². The molecular formula is C15H16BrNO2S. The Morgan fingerprint density at radius 3 is 2.65 bits per heavy atom. The highest BCUT2D eigenvalue weighted by atomic mass is 79.9. The number of nitrogen functional groups attached to an aromatic ring is 1. The van der Waals surface area contributed by atoms with Crippen molar-refractivity contribution in [2.24, 2.45) is 0 Å². The predicted molar refractivity (Wildman–Crippen MR) is 86.4 cm³/mol. The molecule has 2 rings (SSSR count). The zero-order valence-electron chi connectivity index (χ0n) is 11.4. The molecule has 0 heterocycles. The summed E-state index contributed by atoms with van der Waals surface area (Å²) in [6, 6.07) is 11.2. The van der Waals surface area contributed by atoms with Crippen LogP contribution >= 0.6 is 15.9 Å². The summed E-state index contributed by atoms with van der Waals surface area (Å²) < 4.78 is 18.6. The summed E-state index contributed by atoms with van der Waals surface area (Å²) in [6.45, 7) is 2.00. The second kappa shape index (κ2) is 6.41. The zero-order valence-corrected chi connectivity index (χ0v) is 13.8. The van der Waals surface area contributed by atoms with Crippen molar-refractivity contribution in [3.05, 3.63) is 52.0 Å². The molecule has 1 unspecified atom stereocenters. The molecule has 0 aromatic heterocycles. The number of methoxy groups -OCH3 is 1. The third-order valence-corrected chi connectivity index (χ3v) is 5.26. The molecule has 3 nitrogen and oxygen atoms in total. The Morgan fingerprint density at radius 1 is 1.25 bits per heavy atom. The van der Waals surface area contributed by atoms with Gasteiger partial charge in [-0.3, -0.25) is 4.21 Å². The molecule has 0 bridgehead atoms. The lowest BCUT2D eigenvalue weighted by atomic mass is 10.1. The van der Waals surface area contributed by atoms with Gasteiger partial charge in [0.05, 0.1) is 28.6 Å². The van der Waals surface area contributed by atoms with E-state index in [-0.39, 0.29) is 0 Å². The first-order valence-corrected chi connectivity index (χ1v) is 8.19. The molecule has 0 aliphatic heterocycles. The van der Waals surface area contributed by atoms with Gasteiger partial charge in [0.15, 0.2) is 0 Å². The number of anilines is 1. The molecule has 0 aliphatic carbocycles. The maximum Gasteiger partial charge on any atom is 0.123 e. The molecule has 0 spiro atoms. The highest BCUT2D eigenvalue weighted by Crippen LogP contribution is 2.27. The SMILES string of the molecule is COc1ccc(C)cc1CS(=O)c1ccc(N)cc1Br. The fraction of sp³-hybridized carbons (Fsp3) is 0.200. The molecule has 20 heavy (non-hydrogen) atoms. The number of rotatable bonds is 4. The summed E-state index contributed by atoms with van der Waals surface area (Å²) in [5.74, 6) is 1.17. The third-order valence-electron chi connectivity index (χ3n) is 2.92. The summed E-state index contributed by atoms with van der Waals surface area (Å²) in [5.41, 5.74) is 8.40. The van der Waals surface area contributed by atoms with E-state index < -0.39 is 10.8 Å². The number of halogens is 1. The standard InChI is InChI=1S/C15H16BrNO2S/c1-10-3-5-14(19-2)11(7-10)9-20(18)15-6-4-12(17)8-13(15)16/h3-8H,9,17H2,1-2H3. The van der Waals surface area contributed by atoms with Gasteiger partial charge in [-0.1, -0.05) is 17.7 Å². The van der Waals surface area contributed by atoms with E-state index in [2.05, 4.69) is 15.9 Å². The lowest BCUT2D eigenvalue weighted by Gasteiger charge is -2.10. The van der Waals surface area contributed by atoms with Crippen LogP contribution in [0, 0.1) is 6.92 Å². The molecule has 2 aromatic rings. The lowest BCUT2D eigenvalue weighted by Crippen LogP contribution is -2.01. The largest absolute Gasteiger partial charge is 0.496 e. The van der Waals surface area contributed by atoms with Crippen LogP contribution in [0.2, 0.25) is 0 Å². The minimum absolute atomic E-state index is 0.410. The van der Waals surface area contributed by atoms with Crippen LogP contribution in [0.5, 0.6) is 5.75 Å². The van der Waals surface area contributed by atoms with Gasteiger partial charge in [-0.25, -0.2) is 0 Å². The van der Waals surface area contributed by atoms with E-state index in [1.807, 2.05) is 25.1 Å². The molecule has 2 aromatic carbocycles. The van der Waals surface area contributed by atoms with Gasteiger partial charge in [0, 0.05) is 15.7 Å². The van der Waals surface area contributed by atoms with Crippen LogP contribution in [0.1, 0.15) is 11.1 Å². The van der Waals surface area contributed by atoms with Crippen LogP contribution in [0.25, 0.3) is 0 Å². The summed E-state index contributed by atoms with van der Waals surface area (Å²) in [5, 5.41) is 0. The number of benzene rings is 2. The fourth-order valence-corrected chi connectivity index (χ4v) is 4.04. The number of ether oxygens (including phenoxy) is 1. The maximum atomic E-state index is 12.5. The Hall–Kier alpha value is -1.33. The molecule has 2 N–H and O–H groups in total. The van der Waals surface area contributed by atoms with E-state index >= 15 is 0 Å². The Morgan fingerprint density at radius 2 is 2.00 bits per heavy atom. The predicted octanol–water partition coefficient (Wildman–Crippen LogP) is 3.66. The second-order valence-corrected chi connectivity index (χ2v) is 6.77. The third kappa shape index (κ3) is 3.41. The normalized spacial score (nSPS) is 12.2. The first kappa shape index (κ1) is 15.1. The van der Waals surface area contributed by atoms with Gasteiger partial charge in [-0.05, 0) is 47.1 Å². The van der Waals surface area contributed by atoms with E-state index in [4.69, 9.17) is 10.5 Å². The maximum absolute atomic E-state index is 12.5. The number of hydrogen-bond donors (Lipinski definition) is 1. The quantitative estimate of drug-likeness (QED) is 0.853. The number of nitrogens with two attached hydrogens (primary N) is 1. The average Bonchev–Trinajstić information content (AvgIpc) is 2.38. The van der Waals surface area contributed by atoms with Crippen LogP contribution in [0.15, 0.2) is 45.8 Å². The summed E-state index contributed by atoms with van der Waals surface area (Å²) >= 11 is 3.41. The smallest absolute Gasteiger partial charge is 0.123 e. The van der Waals surface area contributed by atoms with Crippen molar-refractivity contribution in [1.29, 1.82) is 0 Å². The summed E-state index contributed by atoms with van der Waals surface area (Å²) in [6.07, 6.45) is 0. The van der Waals surface area contributed by atoms with E-state index in [0.717, 1.165) is 26.2 Å². The lowest BCUT2D eigenvalue weighted by molar-refractivity contribution is 0.411. The molecule has 1 atom stereocenters. The van der Waals surface area contributed by atoms with Gasteiger partial charge < -0.3 is 10.5 Å². The molecule has 0 amide bonds. The topological polar surface area (TPSA) is 52.3 Å². The van der Waals surface area contributed by atoms with Crippen LogP contribution < -0.4 is 10.5 Å². The monoisotopic (exact) mass is 353 g/mol. The Balaban J connectivity index is 2.30.